The Kier molecular flexibility index (Phi) is 24.6. The molecule has 4 heteroatoms. The number of carbonyl (C=O) groups excluding carboxylic acids is 1. The molecule has 0 N–H and O–H groups in total. The molecule has 0 atom stereocenters. The van der Waals surface area contributed by atoms with E-state index in [1.807, 2.05) is 0 Å². The number of ether oxygens (including phenoxy) is 1. The monoisotopic (exact) mass is 552 g/mol. The summed E-state index contributed by atoms with van der Waals surface area (Å²) >= 11 is 0. The SMILES string of the molecule is CCCCCCCCCCCC[N+](CCCCCCCCCCCC)(CCCCOCC)CN1CCCC1=O. The van der Waals surface area contributed by atoms with Crippen LogP contribution in [0.2, 0.25) is 0 Å². The van der Waals surface area contributed by atoms with Gasteiger partial charge in [0.1, 0.15) is 0 Å². The first kappa shape index (κ1) is 36.4. The molecule has 39 heavy (non-hydrogen) atoms. The van der Waals surface area contributed by atoms with Crippen LogP contribution in [0, 0.1) is 0 Å². The summed E-state index contributed by atoms with van der Waals surface area (Å²) in [7, 11) is 0. The molecule has 0 aromatic carbocycles. The number of carbonyl (C=O) groups is 1. The fraction of sp³-hybridized carbons (Fsp3) is 0.971. The van der Waals surface area contributed by atoms with Gasteiger partial charge in [-0.05, 0) is 51.9 Å². The van der Waals surface area contributed by atoms with Gasteiger partial charge in [0, 0.05) is 26.2 Å². The summed E-state index contributed by atoms with van der Waals surface area (Å²) in [5.41, 5.74) is 0. The van der Waals surface area contributed by atoms with Crippen molar-refractivity contribution in [3.63, 3.8) is 0 Å². The van der Waals surface area contributed by atoms with Crippen molar-refractivity contribution in [1.29, 1.82) is 0 Å². The smallest absolute Gasteiger partial charge is 0.226 e. The third-order valence-electron chi connectivity index (χ3n) is 8.99. The van der Waals surface area contributed by atoms with Gasteiger partial charge < -0.3 is 9.22 Å². The Bertz CT molecular complexity index is 515. The number of likely N-dealkylation sites (tertiary alicyclic amines) is 1. The number of nitrogens with zero attached hydrogens (tertiary/aromatic N) is 2. The van der Waals surface area contributed by atoms with Gasteiger partial charge in [0.2, 0.25) is 5.91 Å². The highest BCUT2D eigenvalue weighted by molar-refractivity contribution is 5.77. The normalized spacial score (nSPS) is 14.1. The molecule has 0 saturated carbocycles. The Labute approximate surface area is 245 Å². The summed E-state index contributed by atoms with van der Waals surface area (Å²) in [4.78, 5) is 14.9. The summed E-state index contributed by atoms with van der Waals surface area (Å²) in [6.07, 6.45) is 32.0. The molecule has 1 amide bonds. The fourth-order valence-electron chi connectivity index (χ4n) is 6.43. The van der Waals surface area contributed by atoms with Crippen LogP contribution < -0.4 is 0 Å². The van der Waals surface area contributed by atoms with Crippen molar-refractivity contribution in [2.45, 2.75) is 175 Å². The Morgan fingerprint density at radius 1 is 0.590 bits per heavy atom. The van der Waals surface area contributed by atoms with Crippen LogP contribution in [-0.2, 0) is 9.53 Å². The summed E-state index contributed by atoms with van der Waals surface area (Å²) < 4.78 is 6.81. The van der Waals surface area contributed by atoms with Gasteiger partial charge >= 0.3 is 0 Å². The van der Waals surface area contributed by atoms with Crippen LogP contribution in [0.3, 0.4) is 0 Å². The zero-order valence-electron chi connectivity index (χ0n) is 27.1. The van der Waals surface area contributed by atoms with Crippen molar-refractivity contribution < 1.29 is 14.0 Å². The van der Waals surface area contributed by atoms with Gasteiger partial charge in [-0.2, -0.15) is 0 Å². The lowest BCUT2D eigenvalue weighted by Crippen LogP contribution is -2.56. The minimum Gasteiger partial charge on any atom is -0.382 e. The maximum absolute atomic E-state index is 12.6. The van der Waals surface area contributed by atoms with E-state index in [9.17, 15) is 4.79 Å². The second-order valence-electron chi connectivity index (χ2n) is 12.7. The molecule has 0 aromatic rings. The predicted molar refractivity (Wildman–Crippen MR) is 170 cm³/mol. The predicted octanol–water partition coefficient (Wildman–Crippen LogP) is 10.0. The second-order valence-corrected chi connectivity index (χ2v) is 12.7. The number of amides is 1. The average Bonchev–Trinajstić information content (AvgIpc) is 3.34. The van der Waals surface area contributed by atoms with E-state index >= 15 is 0 Å². The highest BCUT2D eigenvalue weighted by Gasteiger charge is 2.33. The molecule has 1 aliphatic heterocycles. The van der Waals surface area contributed by atoms with Crippen molar-refractivity contribution in [2.75, 3.05) is 46.1 Å². The molecule has 0 aromatic heterocycles. The van der Waals surface area contributed by atoms with Crippen LogP contribution in [0.1, 0.15) is 175 Å². The lowest BCUT2D eigenvalue weighted by Gasteiger charge is -2.41. The number of quaternary nitrogens is 1. The minimum absolute atomic E-state index is 0.401. The van der Waals surface area contributed by atoms with Gasteiger partial charge in [-0.15, -0.1) is 0 Å². The molecule has 0 unspecified atom stereocenters. The van der Waals surface area contributed by atoms with Gasteiger partial charge in [-0.1, -0.05) is 117 Å². The molecule has 1 aliphatic rings. The van der Waals surface area contributed by atoms with E-state index in [-0.39, 0.29) is 0 Å². The molecule has 4 nitrogen and oxygen atoms in total. The maximum Gasteiger partial charge on any atom is 0.226 e. The van der Waals surface area contributed by atoms with E-state index in [0.717, 1.165) is 50.2 Å². The molecule has 0 aliphatic carbocycles. The first-order valence-electron chi connectivity index (χ1n) is 17.9. The van der Waals surface area contributed by atoms with E-state index in [4.69, 9.17) is 4.74 Å². The summed E-state index contributed by atoms with van der Waals surface area (Å²) in [6, 6.07) is 0. The van der Waals surface area contributed by atoms with Crippen LogP contribution in [0.15, 0.2) is 0 Å². The first-order valence-corrected chi connectivity index (χ1v) is 17.9. The van der Waals surface area contributed by atoms with Crippen molar-refractivity contribution in [3.8, 4) is 0 Å². The van der Waals surface area contributed by atoms with Gasteiger partial charge in [0.05, 0.1) is 19.6 Å². The van der Waals surface area contributed by atoms with Crippen molar-refractivity contribution >= 4 is 5.91 Å². The van der Waals surface area contributed by atoms with Crippen molar-refractivity contribution in [2.24, 2.45) is 0 Å². The summed E-state index contributed by atoms with van der Waals surface area (Å²) in [6.45, 7) is 14.1. The lowest BCUT2D eigenvalue weighted by molar-refractivity contribution is -0.936. The summed E-state index contributed by atoms with van der Waals surface area (Å²) in [5.74, 6) is 0.401. The molecular formula is C35H71N2O2+. The van der Waals surface area contributed by atoms with Gasteiger partial charge in [0.15, 0.2) is 6.67 Å². The molecule has 0 bridgehead atoms. The zero-order chi connectivity index (χ0) is 28.3. The van der Waals surface area contributed by atoms with Crippen LogP contribution in [0.25, 0.3) is 0 Å². The molecule has 0 spiro atoms. The molecule has 1 saturated heterocycles. The molecule has 232 valence electrons. The quantitative estimate of drug-likeness (QED) is 0.0656. The molecular weight excluding hydrogens is 480 g/mol. The lowest BCUT2D eigenvalue weighted by atomic mass is 10.0. The second kappa shape index (κ2) is 26.3. The molecule has 1 fully saturated rings. The number of hydrogen-bond donors (Lipinski definition) is 0. The Morgan fingerprint density at radius 3 is 1.38 bits per heavy atom. The molecule has 0 radical (unpaired) electrons. The van der Waals surface area contributed by atoms with Crippen LogP contribution in [0.5, 0.6) is 0 Å². The van der Waals surface area contributed by atoms with Gasteiger partial charge in [-0.3, -0.25) is 9.69 Å². The van der Waals surface area contributed by atoms with Crippen LogP contribution >= 0.6 is 0 Å². The topological polar surface area (TPSA) is 29.5 Å². The Morgan fingerprint density at radius 2 is 1.00 bits per heavy atom. The van der Waals surface area contributed by atoms with Crippen molar-refractivity contribution in [3.05, 3.63) is 0 Å². The minimum atomic E-state index is 0.401. The van der Waals surface area contributed by atoms with E-state index in [2.05, 4.69) is 25.7 Å². The van der Waals surface area contributed by atoms with Crippen molar-refractivity contribution in [1.82, 2.24) is 4.90 Å². The molecule has 1 heterocycles. The average molecular weight is 552 g/mol. The summed E-state index contributed by atoms with van der Waals surface area (Å²) in [5, 5.41) is 0. The van der Waals surface area contributed by atoms with Crippen LogP contribution in [-0.4, -0.2) is 61.4 Å². The van der Waals surface area contributed by atoms with E-state index < -0.39 is 0 Å². The standard InChI is InChI=1S/C35H71N2O2/c1-4-7-9-11-13-15-17-19-21-23-30-37(32-25-26-33-39-6-3,34-36-29-27-28-35(36)38)31-24-22-20-18-16-14-12-10-8-5-2/h4-34H2,1-3H3/q+1. The van der Waals surface area contributed by atoms with Crippen LogP contribution in [0.4, 0.5) is 0 Å². The first-order chi connectivity index (χ1) is 19.2. The van der Waals surface area contributed by atoms with Gasteiger partial charge in [-0.25, -0.2) is 0 Å². The highest BCUT2D eigenvalue weighted by atomic mass is 16.5. The van der Waals surface area contributed by atoms with E-state index in [1.54, 1.807) is 0 Å². The zero-order valence-corrected chi connectivity index (χ0v) is 27.1. The third-order valence-corrected chi connectivity index (χ3v) is 8.99. The number of hydrogen-bond acceptors (Lipinski definition) is 2. The van der Waals surface area contributed by atoms with Gasteiger partial charge in [0.25, 0.3) is 0 Å². The fourth-order valence-corrected chi connectivity index (χ4v) is 6.43. The number of rotatable bonds is 30. The highest BCUT2D eigenvalue weighted by Crippen LogP contribution is 2.22. The van der Waals surface area contributed by atoms with E-state index in [1.165, 1.54) is 154 Å². The molecule has 1 rings (SSSR count). The number of unbranched alkanes of at least 4 members (excludes halogenated alkanes) is 19. The Balaban J connectivity index is 2.53. The van der Waals surface area contributed by atoms with E-state index in [0.29, 0.717) is 5.91 Å². The maximum atomic E-state index is 12.6. The third kappa shape index (κ3) is 20.0. The largest absolute Gasteiger partial charge is 0.382 e. The Hall–Kier alpha value is -0.610.